The molecule has 0 bridgehead atoms. The average Bonchev–Trinajstić information content (AvgIpc) is 2.27. The molecule has 0 saturated carbocycles. The molecule has 1 aromatic carbocycles. The Morgan fingerprint density at radius 2 is 1.83 bits per heavy atom. The predicted octanol–water partition coefficient (Wildman–Crippen LogP) is 3.18. The zero-order chi connectivity index (χ0) is 14.0. The summed E-state index contributed by atoms with van der Waals surface area (Å²) in [6.07, 6.45) is 0. The molecule has 0 radical (unpaired) electrons. The van der Waals surface area contributed by atoms with E-state index in [0.717, 1.165) is 5.56 Å². The number of benzene rings is 1. The standard InChI is InChI=1S/C15H19NO2/c1-14(2,3)18-13(17)15(4,5)12-8-6-7-11(9-12)10-16/h6-9H,1-5H3. The topological polar surface area (TPSA) is 50.1 Å². The largest absolute Gasteiger partial charge is 0.459 e. The second-order valence-electron chi connectivity index (χ2n) is 5.82. The summed E-state index contributed by atoms with van der Waals surface area (Å²) < 4.78 is 5.41. The Hall–Kier alpha value is -1.82. The summed E-state index contributed by atoms with van der Waals surface area (Å²) >= 11 is 0. The third-order valence-electron chi connectivity index (χ3n) is 2.62. The number of rotatable bonds is 2. The van der Waals surface area contributed by atoms with Crippen molar-refractivity contribution in [2.24, 2.45) is 0 Å². The van der Waals surface area contributed by atoms with Crippen LogP contribution in [0.15, 0.2) is 24.3 Å². The molecule has 3 heteroatoms. The maximum atomic E-state index is 12.2. The Labute approximate surface area is 108 Å². The molecule has 0 aliphatic rings. The van der Waals surface area contributed by atoms with Gasteiger partial charge in [0.1, 0.15) is 5.60 Å². The summed E-state index contributed by atoms with van der Waals surface area (Å²) in [6.45, 7) is 9.13. The Morgan fingerprint density at radius 1 is 1.22 bits per heavy atom. The van der Waals surface area contributed by atoms with Gasteiger partial charge in [-0.1, -0.05) is 12.1 Å². The number of carbonyl (C=O) groups excluding carboxylic acids is 1. The van der Waals surface area contributed by atoms with E-state index in [1.54, 1.807) is 32.0 Å². The van der Waals surface area contributed by atoms with Gasteiger partial charge in [0.15, 0.2) is 0 Å². The fourth-order valence-electron chi connectivity index (χ4n) is 1.50. The summed E-state index contributed by atoms with van der Waals surface area (Å²) in [5.74, 6) is -0.287. The van der Waals surface area contributed by atoms with E-state index in [-0.39, 0.29) is 5.97 Å². The molecule has 0 saturated heterocycles. The molecule has 0 atom stereocenters. The first-order valence-electron chi connectivity index (χ1n) is 5.91. The minimum absolute atomic E-state index is 0.287. The Kier molecular flexibility index (Phi) is 3.81. The van der Waals surface area contributed by atoms with Crippen molar-refractivity contribution >= 4 is 5.97 Å². The fourth-order valence-corrected chi connectivity index (χ4v) is 1.50. The number of carbonyl (C=O) groups is 1. The molecule has 1 rings (SSSR count). The third-order valence-corrected chi connectivity index (χ3v) is 2.62. The summed E-state index contributed by atoms with van der Waals surface area (Å²) in [5, 5.41) is 8.89. The predicted molar refractivity (Wildman–Crippen MR) is 70.0 cm³/mol. The number of esters is 1. The van der Waals surface area contributed by atoms with Crippen LogP contribution in [0.2, 0.25) is 0 Å². The van der Waals surface area contributed by atoms with Crippen molar-refractivity contribution in [2.45, 2.75) is 45.6 Å². The minimum Gasteiger partial charge on any atom is -0.459 e. The Balaban J connectivity index is 3.05. The van der Waals surface area contributed by atoms with Gasteiger partial charge in [-0.3, -0.25) is 4.79 Å². The van der Waals surface area contributed by atoms with E-state index >= 15 is 0 Å². The molecular weight excluding hydrogens is 226 g/mol. The fraction of sp³-hybridized carbons (Fsp3) is 0.467. The van der Waals surface area contributed by atoms with Gasteiger partial charge in [-0.15, -0.1) is 0 Å². The molecule has 0 fully saturated rings. The van der Waals surface area contributed by atoms with Crippen molar-refractivity contribution in [1.82, 2.24) is 0 Å². The summed E-state index contributed by atoms with van der Waals surface area (Å²) in [7, 11) is 0. The first kappa shape index (κ1) is 14.2. The second-order valence-corrected chi connectivity index (χ2v) is 5.82. The van der Waals surface area contributed by atoms with Crippen molar-refractivity contribution in [3.63, 3.8) is 0 Å². The first-order valence-corrected chi connectivity index (χ1v) is 5.91. The first-order chi connectivity index (χ1) is 8.16. The van der Waals surface area contributed by atoms with Crippen LogP contribution >= 0.6 is 0 Å². The van der Waals surface area contributed by atoms with Gasteiger partial charge in [0, 0.05) is 0 Å². The molecule has 18 heavy (non-hydrogen) atoms. The van der Waals surface area contributed by atoms with E-state index in [1.807, 2.05) is 26.8 Å². The van der Waals surface area contributed by atoms with Crippen LogP contribution in [0, 0.1) is 11.3 Å². The lowest BCUT2D eigenvalue weighted by Gasteiger charge is -2.28. The molecule has 0 N–H and O–H groups in total. The lowest BCUT2D eigenvalue weighted by atomic mass is 9.84. The average molecular weight is 245 g/mol. The van der Waals surface area contributed by atoms with Crippen molar-refractivity contribution < 1.29 is 9.53 Å². The summed E-state index contributed by atoms with van der Waals surface area (Å²) in [5.41, 5.74) is 0.0568. The number of nitrogens with zero attached hydrogens (tertiary/aromatic N) is 1. The lowest BCUT2D eigenvalue weighted by Crippen LogP contribution is -2.36. The summed E-state index contributed by atoms with van der Waals surface area (Å²) in [6, 6.07) is 9.13. The second kappa shape index (κ2) is 4.81. The SMILES string of the molecule is CC(C)(C)OC(=O)C(C)(C)c1cccc(C#N)c1. The summed E-state index contributed by atoms with van der Waals surface area (Å²) in [4.78, 5) is 12.2. The van der Waals surface area contributed by atoms with Gasteiger partial charge >= 0.3 is 5.97 Å². The molecule has 0 spiro atoms. The van der Waals surface area contributed by atoms with E-state index in [2.05, 4.69) is 6.07 Å². The normalized spacial score (nSPS) is 11.8. The van der Waals surface area contributed by atoms with Crippen molar-refractivity contribution in [3.8, 4) is 6.07 Å². The minimum atomic E-state index is -0.764. The lowest BCUT2D eigenvalue weighted by molar-refractivity contribution is -0.160. The highest BCUT2D eigenvalue weighted by Gasteiger charge is 2.34. The van der Waals surface area contributed by atoms with Crippen LogP contribution in [0.4, 0.5) is 0 Å². The number of nitriles is 1. The van der Waals surface area contributed by atoms with Crippen molar-refractivity contribution in [3.05, 3.63) is 35.4 Å². The number of hydrogen-bond donors (Lipinski definition) is 0. The smallest absolute Gasteiger partial charge is 0.316 e. The van der Waals surface area contributed by atoms with E-state index < -0.39 is 11.0 Å². The third kappa shape index (κ3) is 3.33. The molecule has 0 heterocycles. The Morgan fingerprint density at radius 3 is 2.33 bits per heavy atom. The van der Waals surface area contributed by atoms with Crippen LogP contribution in [0.1, 0.15) is 45.7 Å². The molecular formula is C15H19NO2. The van der Waals surface area contributed by atoms with E-state index in [9.17, 15) is 4.79 Å². The molecule has 96 valence electrons. The molecule has 0 aliphatic carbocycles. The quantitative estimate of drug-likeness (QED) is 0.752. The van der Waals surface area contributed by atoms with Crippen LogP contribution < -0.4 is 0 Å². The molecule has 3 nitrogen and oxygen atoms in total. The molecule has 0 unspecified atom stereocenters. The van der Waals surface area contributed by atoms with Crippen LogP contribution in [-0.4, -0.2) is 11.6 Å². The van der Waals surface area contributed by atoms with E-state index in [1.165, 1.54) is 0 Å². The molecule has 0 aromatic heterocycles. The maximum absolute atomic E-state index is 12.2. The van der Waals surface area contributed by atoms with Gasteiger partial charge in [0.25, 0.3) is 0 Å². The van der Waals surface area contributed by atoms with Gasteiger partial charge < -0.3 is 4.74 Å². The van der Waals surface area contributed by atoms with Crippen LogP contribution in [-0.2, 0) is 14.9 Å². The van der Waals surface area contributed by atoms with Crippen molar-refractivity contribution in [1.29, 1.82) is 5.26 Å². The van der Waals surface area contributed by atoms with Crippen molar-refractivity contribution in [2.75, 3.05) is 0 Å². The van der Waals surface area contributed by atoms with Gasteiger partial charge in [-0.2, -0.15) is 5.26 Å². The molecule has 1 aromatic rings. The van der Waals surface area contributed by atoms with Gasteiger partial charge in [-0.05, 0) is 52.3 Å². The van der Waals surface area contributed by atoms with Crippen LogP contribution in [0.5, 0.6) is 0 Å². The highest BCUT2D eigenvalue weighted by molar-refractivity contribution is 5.82. The molecule has 0 aliphatic heterocycles. The van der Waals surface area contributed by atoms with E-state index in [0.29, 0.717) is 5.56 Å². The maximum Gasteiger partial charge on any atom is 0.316 e. The van der Waals surface area contributed by atoms with Crippen LogP contribution in [0.3, 0.4) is 0 Å². The zero-order valence-corrected chi connectivity index (χ0v) is 11.6. The highest BCUT2D eigenvalue weighted by Crippen LogP contribution is 2.27. The zero-order valence-electron chi connectivity index (χ0n) is 11.6. The highest BCUT2D eigenvalue weighted by atomic mass is 16.6. The van der Waals surface area contributed by atoms with Crippen LogP contribution in [0.25, 0.3) is 0 Å². The number of hydrogen-bond acceptors (Lipinski definition) is 3. The molecule has 0 amide bonds. The van der Waals surface area contributed by atoms with Gasteiger partial charge in [0.2, 0.25) is 0 Å². The van der Waals surface area contributed by atoms with Gasteiger partial charge in [0.05, 0.1) is 17.0 Å². The van der Waals surface area contributed by atoms with E-state index in [4.69, 9.17) is 10.00 Å². The monoisotopic (exact) mass is 245 g/mol. The number of ether oxygens (including phenoxy) is 1. The van der Waals surface area contributed by atoms with Gasteiger partial charge in [-0.25, -0.2) is 0 Å². The Bertz CT molecular complexity index is 490.